The molecule has 45 heavy (non-hydrogen) atoms. The quantitative estimate of drug-likeness (QED) is 0.186. The summed E-state index contributed by atoms with van der Waals surface area (Å²) in [7, 11) is 0. The molecule has 1 aromatic carbocycles. The molecular formula is C31H33Cl2N5O5S2+2. The summed E-state index contributed by atoms with van der Waals surface area (Å²) in [6, 6.07) is 8.09. The minimum atomic E-state index is -0.744. The summed E-state index contributed by atoms with van der Waals surface area (Å²) < 4.78 is 28.8. The van der Waals surface area contributed by atoms with Crippen molar-refractivity contribution in [2.24, 2.45) is 23.7 Å². The summed E-state index contributed by atoms with van der Waals surface area (Å²) in [6.07, 6.45) is 7.10. The average Bonchev–Trinajstić information content (AvgIpc) is 3.42. The van der Waals surface area contributed by atoms with Gasteiger partial charge in [-0.15, -0.1) is 5.10 Å². The zero-order valence-corrected chi connectivity index (χ0v) is 27.8. The first-order chi connectivity index (χ1) is 21.6. The van der Waals surface area contributed by atoms with E-state index < -0.39 is 16.6 Å². The van der Waals surface area contributed by atoms with Crippen molar-refractivity contribution in [1.29, 1.82) is 0 Å². The van der Waals surface area contributed by atoms with Crippen LogP contribution < -0.4 is 15.4 Å². The Balaban J connectivity index is 1.28. The molecule has 2 N–H and O–H groups in total. The molecule has 4 aliphatic carbocycles. The van der Waals surface area contributed by atoms with E-state index >= 15 is 0 Å². The molecule has 4 bridgehead atoms. The smallest absolute Gasteiger partial charge is 0.473 e. The molecular weight excluding hydrogens is 657 g/mol. The van der Waals surface area contributed by atoms with Crippen molar-refractivity contribution in [3.05, 3.63) is 63.4 Å². The number of nitrogens with one attached hydrogen (secondary N) is 2. The highest BCUT2D eigenvalue weighted by Crippen LogP contribution is 2.53. The van der Waals surface area contributed by atoms with Gasteiger partial charge in [-0.3, -0.25) is 9.59 Å². The van der Waals surface area contributed by atoms with Crippen molar-refractivity contribution >= 4 is 64.0 Å². The highest BCUT2D eigenvalue weighted by Gasteiger charge is 2.48. The minimum absolute atomic E-state index is 0.0486. The average molecular weight is 691 g/mol. The van der Waals surface area contributed by atoms with Crippen molar-refractivity contribution in [1.82, 2.24) is 20.1 Å². The predicted octanol–water partition coefficient (Wildman–Crippen LogP) is 6.03. The lowest BCUT2D eigenvalue weighted by molar-refractivity contribution is -0.0119. The monoisotopic (exact) mass is 689 g/mol. The van der Waals surface area contributed by atoms with Crippen LogP contribution in [0.1, 0.15) is 71.9 Å². The molecule has 2 aromatic heterocycles. The molecule has 7 rings (SSSR count). The van der Waals surface area contributed by atoms with Gasteiger partial charge in [0, 0.05) is 31.7 Å². The number of carbonyl (C=O) groups is 2. The van der Waals surface area contributed by atoms with E-state index in [4.69, 9.17) is 27.9 Å². The summed E-state index contributed by atoms with van der Waals surface area (Å²) in [5, 5.41) is 11.3. The highest BCUT2D eigenvalue weighted by molar-refractivity contribution is 7.84. The topological polar surface area (TPSA) is 132 Å². The van der Waals surface area contributed by atoms with E-state index in [-0.39, 0.29) is 69.7 Å². The number of ether oxygens (including phenoxy) is 1. The molecule has 10 nitrogen and oxygen atoms in total. The summed E-state index contributed by atoms with van der Waals surface area (Å²) in [6.45, 7) is 3.49. The van der Waals surface area contributed by atoms with Gasteiger partial charge < -0.3 is 15.4 Å². The number of nitrogens with zero attached hydrogens (tertiary/aromatic N) is 3. The Bertz CT molecular complexity index is 1620. The Morgan fingerprint density at radius 2 is 1.73 bits per heavy atom. The second-order valence-corrected chi connectivity index (χ2v) is 15.1. The van der Waals surface area contributed by atoms with Crippen LogP contribution in [0.5, 0.6) is 5.88 Å². The minimum Gasteiger partial charge on any atom is -0.473 e. The molecule has 0 saturated heterocycles. The fourth-order valence-corrected chi connectivity index (χ4v) is 8.85. The van der Waals surface area contributed by atoms with Crippen molar-refractivity contribution in [2.45, 2.75) is 69.1 Å². The normalized spacial score (nSPS) is 23.9. The summed E-state index contributed by atoms with van der Waals surface area (Å²) in [4.78, 5) is 32.1. The number of hydrogen-bond acceptors (Lipinski definition) is 7. The van der Waals surface area contributed by atoms with Crippen LogP contribution in [0, 0.1) is 30.6 Å². The maximum Gasteiger partial charge on any atom is 0.536 e. The van der Waals surface area contributed by atoms with Gasteiger partial charge in [0.25, 0.3) is 11.8 Å². The number of pyridine rings is 1. The second-order valence-electron chi connectivity index (χ2n) is 12.4. The van der Waals surface area contributed by atoms with Crippen molar-refractivity contribution in [2.75, 3.05) is 5.32 Å². The van der Waals surface area contributed by atoms with Gasteiger partial charge >= 0.3 is 27.9 Å². The lowest BCUT2D eigenvalue weighted by atomic mass is 9.54. The van der Waals surface area contributed by atoms with Crippen LogP contribution in [-0.2, 0) is 31.8 Å². The third kappa shape index (κ3) is 6.74. The van der Waals surface area contributed by atoms with E-state index in [0.717, 1.165) is 37.5 Å². The number of carbonyl (C=O) groups excluding carboxylic acids is 2. The van der Waals surface area contributed by atoms with Crippen LogP contribution in [0.15, 0.2) is 36.5 Å². The second kappa shape index (κ2) is 13.4. The largest absolute Gasteiger partial charge is 0.536 e. The van der Waals surface area contributed by atoms with Crippen molar-refractivity contribution in [3.8, 4) is 11.7 Å². The van der Waals surface area contributed by atoms with Gasteiger partial charge in [-0.1, -0.05) is 23.2 Å². The Morgan fingerprint density at radius 1 is 1.04 bits per heavy atom. The van der Waals surface area contributed by atoms with Crippen molar-refractivity contribution in [3.63, 3.8) is 0 Å². The first kappa shape index (κ1) is 31.9. The Morgan fingerprint density at radius 3 is 2.38 bits per heavy atom. The van der Waals surface area contributed by atoms with Gasteiger partial charge in [0.15, 0.2) is 5.82 Å². The number of amides is 2. The Labute approximate surface area is 279 Å². The molecule has 4 fully saturated rings. The zero-order valence-electron chi connectivity index (χ0n) is 24.7. The van der Waals surface area contributed by atoms with E-state index in [0.29, 0.717) is 28.1 Å². The molecule has 0 spiro atoms. The maximum absolute atomic E-state index is 13.9. The maximum atomic E-state index is 13.9. The fraction of sp³-hybridized carbons (Fsp3) is 0.484. The van der Waals surface area contributed by atoms with E-state index in [1.165, 1.54) is 23.4 Å². The molecule has 1 unspecified atom stereocenters. The van der Waals surface area contributed by atoms with E-state index in [9.17, 15) is 18.0 Å². The lowest BCUT2D eigenvalue weighted by Gasteiger charge is -2.54. The SMILES string of the molecule is Cc1cc(Cl)cc(C(=O)NC2C3CC4CC(C3)CC2C4)c1NC(=O)c1cc(OC(C)CC([S+]=O)[S+]=O)nn1-c1ncccc1Cl. The third-order valence-corrected chi connectivity index (χ3v) is 11.0. The van der Waals surface area contributed by atoms with Gasteiger partial charge in [-0.2, -0.15) is 0 Å². The van der Waals surface area contributed by atoms with Gasteiger partial charge in [-0.25, -0.2) is 9.67 Å². The number of rotatable bonds is 11. The highest BCUT2D eigenvalue weighted by atomic mass is 35.5. The Hall–Kier alpha value is -3.06. The number of hydrogen-bond donors (Lipinski definition) is 2. The molecule has 4 aliphatic rings. The van der Waals surface area contributed by atoms with Crippen LogP contribution in [-0.4, -0.2) is 43.3 Å². The van der Waals surface area contributed by atoms with Gasteiger partial charge in [0.05, 0.1) is 16.3 Å². The molecule has 2 amide bonds. The molecule has 1 atom stereocenters. The summed E-state index contributed by atoms with van der Waals surface area (Å²) >= 11 is 13.3. The van der Waals surface area contributed by atoms with Gasteiger partial charge in [0.1, 0.15) is 18.2 Å². The molecule has 4 saturated carbocycles. The molecule has 14 heteroatoms. The Kier molecular flexibility index (Phi) is 9.47. The van der Waals surface area contributed by atoms with E-state index in [1.54, 1.807) is 38.1 Å². The van der Waals surface area contributed by atoms with Crippen LogP contribution >= 0.6 is 23.2 Å². The van der Waals surface area contributed by atoms with Crippen LogP contribution in [0.4, 0.5) is 5.69 Å². The molecule has 236 valence electrons. The zero-order chi connectivity index (χ0) is 31.8. The molecule has 2 heterocycles. The first-order valence-corrected chi connectivity index (χ1v) is 17.4. The van der Waals surface area contributed by atoms with E-state index in [2.05, 4.69) is 20.7 Å². The van der Waals surface area contributed by atoms with Gasteiger partial charge in [0.2, 0.25) is 5.88 Å². The van der Waals surface area contributed by atoms with Crippen LogP contribution in [0.2, 0.25) is 10.0 Å². The first-order valence-electron chi connectivity index (χ1n) is 15.0. The molecule has 0 radical (unpaired) electrons. The number of halogens is 2. The van der Waals surface area contributed by atoms with Gasteiger partial charge in [-0.05, 0) is 99.5 Å². The van der Waals surface area contributed by atoms with E-state index in [1.807, 2.05) is 0 Å². The van der Waals surface area contributed by atoms with Crippen molar-refractivity contribution < 1.29 is 22.7 Å². The molecule has 0 aliphatic heterocycles. The van der Waals surface area contributed by atoms with Crippen LogP contribution in [0.25, 0.3) is 5.82 Å². The number of aryl methyl sites for hydroxylation is 1. The number of benzene rings is 1. The number of anilines is 1. The number of aromatic nitrogens is 3. The predicted molar refractivity (Wildman–Crippen MR) is 173 cm³/mol. The lowest BCUT2D eigenvalue weighted by Crippen LogP contribution is -2.55. The standard InChI is InChI=1S/C31H31Cl2N5O5S2/c1-15-6-21(32)13-22(30(39)36-28-19-9-17-8-18(11-19)12-20(28)10-17)27(15)35-31(40)24-14-25(43-16(2)7-26(44-41)45-42)37-38(24)29-23(33)4-3-5-34-29/h3-6,13-14,16-20,26,28H,7-12H2,1-2H3/p+2. The fourth-order valence-electron chi connectivity index (χ4n) is 7.55. The third-order valence-electron chi connectivity index (χ3n) is 9.23. The molecule has 3 aromatic rings. The van der Waals surface area contributed by atoms with Crippen LogP contribution in [0.3, 0.4) is 0 Å². The summed E-state index contributed by atoms with van der Waals surface area (Å²) in [5.41, 5.74) is 1.29. The summed E-state index contributed by atoms with van der Waals surface area (Å²) in [5.74, 6) is 1.94.